The van der Waals surface area contributed by atoms with Crippen molar-refractivity contribution in [2.75, 3.05) is 0 Å². The number of hydrogen-bond donors (Lipinski definition) is 0. The summed E-state index contributed by atoms with van der Waals surface area (Å²) in [7, 11) is 0. The summed E-state index contributed by atoms with van der Waals surface area (Å²) in [5.74, 6) is -2.11. The molecule has 2 nitrogen and oxygen atoms in total. The van der Waals surface area contributed by atoms with Crippen molar-refractivity contribution in [3.63, 3.8) is 0 Å². The molecule has 0 atom stereocenters. The van der Waals surface area contributed by atoms with Gasteiger partial charge in [0.25, 0.3) is 0 Å². The summed E-state index contributed by atoms with van der Waals surface area (Å²) in [4.78, 5) is 0. The molecule has 6 heteroatoms. The Kier molecular flexibility index (Phi) is 4.40. The predicted octanol–water partition coefficient (Wildman–Crippen LogP) is 3.62. The predicted molar refractivity (Wildman–Crippen MR) is 60.4 cm³/mol. The molecule has 0 amide bonds. The van der Waals surface area contributed by atoms with E-state index in [9.17, 15) is 8.78 Å². The Bertz CT molecular complexity index is 468. The molecule has 0 saturated heterocycles. The zero-order chi connectivity index (χ0) is 12.3. The van der Waals surface area contributed by atoms with Gasteiger partial charge in [-0.3, -0.25) is 0 Å². The molecule has 0 bridgehead atoms. The first-order valence-electron chi connectivity index (χ1n) is 4.12. The second kappa shape index (κ2) is 5.38. The fourth-order valence-electron chi connectivity index (χ4n) is 1.25. The van der Waals surface area contributed by atoms with Crippen LogP contribution in [0.15, 0.2) is 8.95 Å². The van der Waals surface area contributed by atoms with Crippen molar-refractivity contribution in [3.05, 3.63) is 31.7 Å². The van der Waals surface area contributed by atoms with Crippen LogP contribution in [0.25, 0.3) is 0 Å². The van der Waals surface area contributed by atoms with Crippen LogP contribution in [0.4, 0.5) is 8.78 Å². The molecule has 0 aliphatic carbocycles. The van der Waals surface area contributed by atoms with Crippen LogP contribution in [-0.2, 0) is 12.8 Å². The van der Waals surface area contributed by atoms with Crippen LogP contribution < -0.4 is 0 Å². The van der Waals surface area contributed by atoms with Crippen LogP contribution in [0, 0.1) is 34.3 Å². The van der Waals surface area contributed by atoms with Gasteiger partial charge in [0.1, 0.15) is 0 Å². The van der Waals surface area contributed by atoms with Crippen LogP contribution in [0.3, 0.4) is 0 Å². The van der Waals surface area contributed by atoms with E-state index in [1.54, 1.807) is 0 Å². The lowest BCUT2D eigenvalue weighted by molar-refractivity contribution is 0.496. The summed E-state index contributed by atoms with van der Waals surface area (Å²) in [6.07, 6.45) is -0.180. The van der Waals surface area contributed by atoms with Crippen molar-refractivity contribution >= 4 is 31.9 Å². The Hall–Kier alpha value is -0.980. The van der Waals surface area contributed by atoms with Gasteiger partial charge >= 0.3 is 0 Å². The van der Waals surface area contributed by atoms with Gasteiger partial charge < -0.3 is 0 Å². The highest BCUT2D eigenvalue weighted by Gasteiger charge is 2.21. The van der Waals surface area contributed by atoms with E-state index in [-0.39, 0.29) is 21.8 Å². The third-order valence-corrected chi connectivity index (χ3v) is 3.64. The van der Waals surface area contributed by atoms with Gasteiger partial charge in [-0.25, -0.2) is 8.78 Å². The largest absolute Gasteiger partial charge is 0.202 e. The smallest absolute Gasteiger partial charge is 0.174 e. The number of rotatable bonds is 2. The zero-order valence-corrected chi connectivity index (χ0v) is 11.0. The van der Waals surface area contributed by atoms with E-state index in [2.05, 4.69) is 31.9 Å². The highest BCUT2D eigenvalue weighted by Crippen LogP contribution is 2.34. The summed E-state index contributed by atoms with van der Waals surface area (Å²) in [6.45, 7) is 0. The van der Waals surface area contributed by atoms with E-state index in [0.717, 1.165) is 0 Å². The molecular weight excluding hydrogens is 346 g/mol. The average molecular weight is 350 g/mol. The van der Waals surface area contributed by atoms with Crippen molar-refractivity contribution in [1.29, 1.82) is 10.5 Å². The first kappa shape index (κ1) is 13.1. The quantitative estimate of drug-likeness (QED) is 0.604. The highest BCUT2D eigenvalue weighted by molar-refractivity contribution is 9.11. The minimum absolute atomic E-state index is 0.0899. The molecule has 0 aliphatic heterocycles. The SMILES string of the molecule is N#CCc1c(Br)c(F)c(F)c(Br)c1CC#N. The molecule has 0 heterocycles. The van der Waals surface area contributed by atoms with Crippen LogP contribution in [0.1, 0.15) is 11.1 Å². The van der Waals surface area contributed by atoms with Crippen molar-refractivity contribution in [2.45, 2.75) is 12.8 Å². The number of benzene rings is 1. The zero-order valence-electron chi connectivity index (χ0n) is 7.82. The maximum Gasteiger partial charge on any atom is 0.174 e. The summed E-state index contributed by atoms with van der Waals surface area (Å²) in [6, 6.07) is 3.70. The van der Waals surface area contributed by atoms with Gasteiger partial charge in [-0.1, -0.05) is 0 Å². The first-order chi connectivity index (χ1) is 7.54. The van der Waals surface area contributed by atoms with Gasteiger partial charge in [-0.05, 0) is 43.0 Å². The first-order valence-corrected chi connectivity index (χ1v) is 5.70. The van der Waals surface area contributed by atoms with Crippen molar-refractivity contribution < 1.29 is 8.78 Å². The molecule has 1 aromatic rings. The Balaban J connectivity index is 3.57. The molecule has 82 valence electrons. The molecule has 0 N–H and O–H groups in total. The summed E-state index contributed by atoms with van der Waals surface area (Å²) >= 11 is 5.78. The van der Waals surface area contributed by atoms with E-state index < -0.39 is 11.6 Å². The lowest BCUT2D eigenvalue weighted by Crippen LogP contribution is -2.02. The molecule has 0 fully saturated rings. The second-order valence-corrected chi connectivity index (χ2v) is 4.47. The molecule has 0 saturated carbocycles. The van der Waals surface area contributed by atoms with Gasteiger partial charge in [0.15, 0.2) is 11.6 Å². The maximum atomic E-state index is 13.4. The number of nitrogens with zero attached hydrogens (tertiary/aromatic N) is 2. The Labute approximate surface area is 108 Å². The third kappa shape index (κ3) is 2.23. The topological polar surface area (TPSA) is 47.6 Å². The normalized spacial score (nSPS) is 9.62. The fraction of sp³-hybridized carbons (Fsp3) is 0.200. The minimum atomic E-state index is -1.06. The number of nitriles is 2. The van der Waals surface area contributed by atoms with Crippen LogP contribution in [-0.4, -0.2) is 0 Å². The Morgan fingerprint density at radius 2 is 1.19 bits per heavy atom. The highest BCUT2D eigenvalue weighted by atomic mass is 79.9. The average Bonchev–Trinajstić information content (AvgIpc) is 2.28. The molecule has 16 heavy (non-hydrogen) atoms. The van der Waals surface area contributed by atoms with E-state index in [1.165, 1.54) is 0 Å². The minimum Gasteiger partial charge on any atom is -0.202 e. The van der Waals surface area contributed by atoms with Gasteiger partial charge in [0.05, 0.1) is 33.9 Å². The van der Waals surface area contributed by atoms with Gasteiger partial charge in [-0.2, -0.15) is 10.5 Å². The molecule has 1 rings (SSSR count). The molecule has 0 spiro atoms. The van der Waals surface area contributed by atoms with E-state index >= 15 is 0 Å². The lowest BCUT2D eigenvalue weighted by atomic mass is 10.0. The van der Waals surface area contributed by atoms with Crippen LogP contribution in [0.2, 0.25) is 0 Å². The van der Waals surface area contributed by atoms with Gasteiger partial charge in [-0.15, -0.1) is 0 Å². The van der Waals surface area contributed by atoms with Gasteiger partial charge in [0, 0.05) is 0 Å². The summed E-state index contributed by atoms with van der Waals surface area (Å²) in [5, 5.41) is 17.2. The third-order valence-electron chi connectivity index (χ3n) is 1.98. The van der Waals surface area contributed by atoms with E-state index in [1.807, 2.05) is 12.1 Å². The number of hydrogen-bond acceptors (Lipinski definition) is 2. The summed E-state index contributed by atoms with van der Waals surface area (Å²) < 4.78 is 26.5. The van der Waals surface area contributed by atoms with E-state index in [0.29, 0.717) is 11.1 Å². The van der Waals surface area contributed by atoms with Crippen LogP contribution >= 0.6 is 31.9 Å². The van der Waals surface area contributed by atoms with E-state index in [4.69, 9.17) is 10.5 Å². The Morgan fingerprint density at radius 1 is 0.875 bits per heavy atom. The molecule has 0 radical (unpaired) electrons. The number of halogens is 4. The molecule has 0 unspecified atom stereocenters. The second-order valence-electron chi connectivity index (χ2n) is 2.88. The molecule has 0 aliphatic rings. The van der Waals surface area contributed by atoms with Crippen molar-refractivity contribution in [3.8, 4) is 12.1 Å². The maximum absolute atomic E-state index is 13.4. The van der Waals surface area contributed by atoms with Crippen molar-refractivity contribution in [2.24, 2.45) is 0 Å². The standard InChI is InChI=1S/C10H4Br2F2N2/c11-7-5(1-3-15)6(2-4-16)8(12)10(14)9(7)13/h1-2H2. The fourth-order valence-corrected chi connectivity index (χ4v) is 2.36. The van der Waals surface area contributed by atoms with Crippen LogP contribution in [0.5, 0.6) is 0 Å². The Morgan fingerprint density at radius 3 is 1.44 bits per heavy atom. The van der Waals surface area contributed by atoms with Gasteiger partial charge in [0.2, 0.25) is 0 Å². The monoisotopic (exact) mass is 348 g/mol. The molecule has 1 aromatic carbocycles. The molecule has 0 aromatic heterocycles. The summed E-state index contributed by atoms with van der Waals surface area (Å²) in [5.41, 5.74) is 0.602. The van der Waals surface area contributed by atoms with Crippen molar-refractivity contribution in [1.82, 2.24) is 0 Å². The lowest BCUT2D eigenvalue weighted by Gasteiger charge is -2.11. The molecular formula is C10H4Br2F2N2.